The standard InChI is InChI=1S/C25H26N2O5/c1-14(2)31-18-9-17-12-26-23(29)22(17)19(11-18)21-10-16-8-15(13-28)6-7-20(16)27(21)24(30)32-25(3,4)5/h6-11,13-14H,12H2,1-5H3,(H,26,29). The molecular weight excluding hydrogens is 408 g/mol. The summed E-state index contributed by atoms with van der Waals surface area (Å²) in [6.45, 7) is 9.62. The molecule has 3 aromatic rings. The van der Waals surface area contributed by atoms with E-state index < -0.39 is 11.7 Å². The summed E-state index contributed by atoms with van der Waals surface area (Å²) in [5.74, 6) is 0.403. The molecule has 0 aliphatic carbocycles. The van der Waals surface area contributed by atoms with E-state index in [0.29, 0.717) is 45.6 Å². The van der Waals surface area contributed by atoms with Crippen LogP contribution in [0.25, 0.3) is 22.2 Å². The second-order valence-corrected chi connectivity index (χ2v) is 9.14. The van der Waals surface area contributed by atoms with Crippen LogP contribution in [0, 0.1) is 0 Å². The Hall–Kier alpha value is -3.61. The Balaban J connectivity index is 2.01. The number of rotatable bonds is 4. The van der Waals surface area contributed by atoms with Crippen LogP contribution in [0.3, 0.4) is 0 Å². The molecule has 166 valence electrons. The fraction of sp³-hybridized carbons (Fsp3) is 0.320. The number of carbonyl (C=O) groups excluding carboxylic acids is 3. The molecule has 0 atom stereocenters. The highest BCUT2D eigenvalue weighted by Crippen LogP contribution is 2.37. The maximum Gasteiger partial charge on any atom is 0.419 e. The van der Waals surface area contributed by atoms with Gasteiger partial charge in [0.15, 0.2) is 0 Å². The number of hydrogen-bond donors (Lipinski definition) is 1. The minimum atomic E-state index is -0.713. The van der Waals surface area contributed by atoms with Gasteiger partial charge >= 0.3 is 6.09 Å². The maximum absolute atomic E-state index is 13.3. The van der Waals surface area contributed by atoms with Gasteiger partial charge in [-0.15, -0.1) is 0 Å². The number of benzene rings is 2. The van der Waals surface area contributed by atoms with E-state index in [1.807, 2.05) is 19.9 Å². The van der Waals surface area contributed by atoms with Gasteiger partial charge in [0.1, 0.15) is 17.6 Å². The lowest BCUT2D eigenvalue weighted by atomic mass is 9.99. The van der Waals surface area contributed by atoms with E-state index in [9.17, 15) is 14.4 Å². The Labute approximate surface area is 186 Å². The van der Waals surface area contributed by atoms with Crippen molar-refractivity contribution in [3.8, 4) is 17.0 Å². The van der Waals surface area contributed by atoms with Crippen LogP contribution in [0.5, 0.6) is 5.75 Å². The van der Waals surface area contributed by atoms with E-state index in [1.165, 1.54) is 4.57 Å². The summed E-state index contributed by atoms with van der Waals surface area (Å²) in [6.07, 6.45) is 0.133. The number of aromatic nitrogens is 1. The molecule has 0 unspecified atom stereocenters. The zero-order valence-corrected chi connectivity index (χ0v) is 18.8. The van der Waals surface area contributed by atoms with Crippen LogP contribution in [0.2, 0.25) is 0 Å². The molecule has 0 bridgehead atoms. The largest absolute Gasteiger partial charge is 0.491 e. The van der Waals surface area contributed by atoms with E-state index in [0.717, 1.165) is 11.8 Å². The van der Waals surface area contributed by atoms with Gasteiger partial charge in [-0.1, -0.05) is 0 Å². The second kappa shape index (κ2) is 7.82. The Morgan fingerprint density at radius 2 is 1.91 bits per heavy atom. The number of aldehydes is 1. The zero-order chi connectivity index (χ0) is 23.2. The van der Waals surface area contributed by atoms with Crippen molar-refractivity contribution in [3.05, 3.63) is 53.1 Å². The first-order valence-electron chi connectivity index (χ1n) is 10.5. The molecule has 0 saturated heterocycles. The molecule has 2 aromatic carbocycles. The third-order valence-corrected chi connectivity index (χ3v) is 5.05. The number of ether oxygens (including phenoxy) is 2. The predicted molar refractivity (Wildman–Crippen MR) is 121 cm³/mol. The summed E-state index contributed by atoms with van der Waals surface area (Å²) in [7, 11) is 0. The highest BCUT2D eigenvalue weighted by atomic mass is 16.6. The van der Waals surface area contributed by atoms with Gasteiger partial charge in [0.05, 0.1) is 22.9 Å². The van der Waals surface area contributed by atoms with Crippen LogP contribution in [-0.2, 0) is 11.3 Å². The van der Waals surface area contributed by atoms with Crippen LogP contribution in [0.1, 0.15) is 60.9 Å². The van der Waals surface area contributed by atoms with Gasteiger partial charge in [0.25, 0.3) is 5.91 Å². The van der Waals surface area contributed by atoms with E-state index in [4.69, 9.17) is 9.47 Å². The first kappa shape index (κ1) is 21.6. The van der Waals surface area contributed by atoms with Crippen LogP contribution < -0.4 is 10.1 Å². The SMILES string of the molecule is CC(C)Oc1cc2c(c(-c3cc4cc(C=O)ccc4n3C(=O)OC(C)(C)C)c1)C(=O)NC2. The quantitative estimate of drug-likeness (QED) is 0.588. The molecular formula is C25H26N2O5. The molecule has 4 rings (SSSR count). The highest BCUT2D eigenvalue weighted by molar-refractivity contribution is 6.07. The lowest BCUT2D eigenvalue weighted by Gasteiger charge is -2.21. The highest BCUT2D eigenvalue weighted by Gasteiger charge is 2.29. The Morgan fingerprint density at radius 1 is 1.16 bits per heavy atom. The zero-order valence-electron chi connectivity index (χ0n) is 18.8. The second-order valence-electron chi connectivity index (χ2n) is 9.14. The summed E-state index contributed by atoms with van der Waals surface area (Å²) >= 11 is 0. The van der Waals surface area contributed by atoms with Gasteiger partial charge in [-0.3, -0.25) is 9.59 Å². The molecule has 7 nitrogen and oxygen atoms in total. The lowest BCUT2D eigenvalue weighted by Crippen LogP contribution is -2.27. The molecule has 0 saturated carbocycles. The fourth-order valence-corrected chi connectivity index (χ4v) is 3.90. The first-order chi connectivity index (χ1) is 15.1. The van der Waals surface area contributed by atoms with Gasteiger partial charge in [-0.25, -0.2) is 9.36 Å². The molecule has 1 amide bonds. The van der Waals surface area contributed by atoms with Crippen molar-refractivity contribution < 1.29 is 23.9 Å². The smallest absolute Gasteiger partial charge is 0.419 e. The summed E-state index contributed by atoms with van der Waals surface area (Å²) in [5.41, 5.74) is 2.74. The van der Waals surface area contributed by atoms with E-state index in [1.54, 1.807) is 51.1 Å². The fourth-order valence-electron chi connectivity index (χ4n) is 3.90. The molecule has 0 fully saturated rings. The van der Waals surface area contributed by atoms with Crippen molar-refractivity contribution in [2.75, 3.05) is 0 Å². The number of hydrogen-bond acceptors (Lipinski definition) is 5. The molecule has 7 heteroatoms. The van der Waals surface area contributed by atoms with Gasteiger partial charge in [-0.05, 0) is 76.6 Å². The average molecular weight is 434 g/mol. The Morgan fingerprint density at radius 3 is 2.56 bits per heavy atom. The lowest BCUT2D eigenvalue weighted by molar-refractivity contribution is 0.0546. The average Bonchev–Trinajstić information content (AvgIpc) is 3.25. The summed E-state index contributed by atoms with van der Waals surface area (Å²) in [4.78, 5) is 37.3. The molecule has 1 N–H and O–H groups in total. The van der Waals surface area contributed by atoms with Crippen LogP contribution in [-0.4, -0.2) is 34.6 Å². The van der Waals surface area contributed by atoms with Crippen molar-refractivity contribution in [2.45, 2.75) is 52.9 Å². The topological polar surface area (TPSA) is 86.6 Å². The van der Waals surface area contributed by atoms with E-state index in [-0.39, 0.29) is 12.0 Å². The number of nitrogens with one attached hydrogen (secondary N) is 1. The van der Waals surface area contributed by atoms with Crippen LogP contribution in [0.4, 0.5) is 4.79 Å². The summed E-state index contributed by atoms with van der Waals surface area (Å²) in [5, 5.41) is 3.54. The van der Waals surface area contributed by atoms with Crippen molar-refractivity contribution >= 4 is 29.2 Å². The Bertz CT molecular complexity index is 1250. The normalized spacial score (nSPS) is 13.2. The molecule has 0 spiro atoms. The molecule has 2 heterocycles. The van der Waals surface area contributed by atoms with Crippen LogP contribution in [0.15, 0.2) is 36.4 Å². The third-order valence-electron chi connectivity index (χ3n) is 5.05. The summed E-state index contributed by atoms with van der Waals surface area (Å²) < 4.78 is 13.0. The van der Waals surface area contributed by atoms with Crippen molar-refractivity contribution in [2.24, 2.45) is 0 Å². The monoisotopic (exact) mass is 434 g/mol. The van der Waals surface area contributed by atoms with E-state index >= 15 is 0 Å². The van der Waals surface area contributed by atoms with E-state index in [2.05, 4.69) is 5.32 Å². The number of nitrogens with zero attached hydrogens (tertiary/aromatic N) is 1. The van der Waals surface area contributed by atoms with Crippen molar-refractivity contribution in [3.63, 3.8) is 0 Å². The maximum atomic E-state index is 13.3. The number of fused-ring (bicyclic) bond motifs is 2. The number of amides is 1. The molecule has 1 aromatic heterocycles. The molecule has 1 aliphatic heterocycles. The summed E-state index contributed by atoms with van der Waals surface area (Å²) in [6, 6.07) is 10.5. The van der Waals surface area contributed by atoms with Gasteiger partial charge < -0.3 is 14.8 Å². The minimum Gasteiger partial charge on any atom is -0.491 e. The third kappa shape index (κ3) is 3.98. The van der Waals surface area contributed by atoms with Crippen molar-refractivity contribution in [1.29, 1.82) is 0 Å². The predicted octanol–water partition coefficient (Wildman–Crippen LogP) is 4.93. The minimum absolute atomic E-state index is 0.0576. The van der Waals surface area contributed by atoms with Gasteiger partial charge in [-0.2, -0.15) is 0 Å². The molecule has 32 heavy (non-hydrogen) atoms. The van der Waals surface area contributed by atoms with Crippen molar-refractivity contribution in [1.82, 2.24) is 9.88 Å². The van der Waals surface area contributed by atoms with Crippen LogP contribution >= 0.6 is 0 Å². The Kier molecular flexibility index (Phi) is 5.28. The molecule has 0 radical (unpaired) electrons. The molecule has 1 aliphatic rings. The van der Waals surface area contributed by atoms with Gasteiger partial charge in [0, 0.05) is 23.1 Å². The number of carbonyl (C=O) groups is 3. The first-order valence-corrected chi connectivity index (χ1v) is 10.5. The van der Waals surface area contributed by atoms with Gasteiger partial charge in [0.2, 0.25) is 0 Å².